The van der Waals surface area contributed by atoms with Gasteiger partial charge in [-0.1, -0.05) is 30.3 Å². The zero-order chi connectivity index (χ0) is 16.1. The number of hydrogen-bond donors (Lipinski definition) is 2. The molecular formula is C18H25N5. The molecule has 0 radical (unpaired) electrons. The summed E-state index contributed by atoms with van der Waals surface area (Å²) in [4.78, 5) is 4.66. The van der Waals surface area contributed by atoms with E-state index in [1.165, 1.54) is 18.4 Å². The smallest absolute Gasteiger partial charge is 0.191 e. The molecule has 1 saturated carbocycles. The number of benzene rings is 1. The second-order valence-corrected chi connectivity index (χ2v) is 6.22. The van der Waals surface area contributed by atoms with Crippen LogP contribution >= 0.6 is 0 Å². The first-order valence-electron chi connectivity index (χ1n) is 8.27. The van der Waals surface area contributed by atoms with Crippen molar-refractivity contribution in [1.82, 2.24) is 20.4 Å². The Morgan fingerprint density at radius 1 is 1.26 bits per heavy atom. The second-order valence-electron chi connectivity index (χ2n) is 6.22. The molecule has 0 aliphatic heterocycles. The van der Waals surface area contributed by atoms with Crippen molar-refractivity contribution in [2.45, 2.75) is 31.7 Å². The van der Waals surface area contributed by atoms with Gasteiger partial charge >= 0.3 is 0 Å². The summed E-state index contributed by atoms with van der Waals surface area (Å²) in [5.74, 6) is 0.874. The lowest BCUT2D eigenvalue weighted by Crippen LogP contribution is -2.41. The molecule has 3 rings (SSSR count). The normalized spacial score (nSPS) is 16.2. The number of aryl methyl sites for hydroxylation is 1. The standard InChI is InChI=1S/C18H25N5/c1-3-19-17(20-11-15-12-22-23(2)13-15)21-14-18(9-10-18)16-7-5-4-6-8-16/h4-8,12-13H,3,9-11,14H2,1-2H3,(H2,19,20,21). The summed E-state index contributed by atoms with van der Waals surface area (Å²) in [6.45, 7) is 4.51. The molecule has 23 heavy (non-hydrogen) atoms. The third kappa shape index (κ3) is 3.92. The van der Waals surface area contributed by atoms with Gasteiger partial charge in [-0.15, -0.1) is 0 Å². The molecular weight excluding hydrogens is 286 g/mol. The predicted molar refractivity (Wildman–Crippen MR) is 93.4 cm³/mol. The van der Waals surface area contributed by atoms with Crippen LogP contribution in [-0.4, -0.2) is 28.8 Å². The topological polar surface area (TPSA) is 54.2 Å². The quantitative estimate of drug-likeness (QED) is 0.635. The van der Waals surface area contributed by atoms with Crippen molar-refractivity contribution in [3.05, 3.63) is 53.9 Å². The average Bonchev–Trinajstić information content (AvgIpc) is 3.26. The van der Waals surface area contributed by atoms with E-state index < -0.39 is 0 Å². The highest BCUT2D eigenvalue weighted by Crippen LogP contribution is 2.47. The average molecular weight is 311 g/mol. The monoisotopic (exact) mass is 311 g/mol. The van der Waals surface area contributed by atoms with Crippen LogP contribution in [0.5, 0.6) is 0 Å². The Bertz CT molecular complexity index is 655. The molecule has 1 heterocycles. The first-order valence-corrected chi connectivity index (χ1v) is 8.27. The Labute approximate surface area is 137 Å². The number of guanidine groups is 1. The first-order chi connectivity index (χ1) is 11.2. The summed E-state index contributed by atoms with van der Waals surface area (Å²) in [6.07, 6.45) is 6.34. The van der Waals surface area contributed by atoms with Crippen molar-refractivity contribution in [3.63, 3.8) is 0 Å². The molecule has 1 aromatic heterocycles. The minimum absolute atomic E-state index is 0.283. The predicted octanol–water partition coefficient (Wildman–Crippen LogP) is 2.21. The second kappa shape index (κ2) is 6.86. The summed E-state index contributed by atoms with van der Waals surface area (Å²) in [5.41, 5.74) is 2.83. The van der Waals surface area contributed by atoms with Crippen LogP contribution in [0, 0.1) is 0 Å². The van der Waals surface area contributed by atoms with Crippen LogP contribution in [-0.2, 0) is 19.0 Å². The minimum atomic E-state index is 0.283. The number of aliphatic imine (C=N–C) groups is 1. The Kier molecular flexibility index (Phi) is 4.65. The molecule has 0 unspecified atom stereocenters. The summed E-state index contributed by atoms with van der Waals surface area (Å²) >= 11 is 0. The van der Waals surface area contributed by atoms with Crippen LogP contribution in [0.1, 0.15) is 30.9 Å². The fraction of sp³-hybridized carbons (Fsp3) is 0.444. The fourth-order valence-electron chi connectivity index (χ4n) is 2.83. The molecule has 1 aliphatic rings. The van der Waals surface area contributed by atoms with Gasteiger partial charge in [-0.2, -0.15) is 5.10 Å². The third-order valence-electron chi connectivity index (χ3n) is 4.36. The molecule has 5 nitrogen and oxygen atoms in total. The van der Waals surface area contributed by atoms with Crippen LogP contribution in [0.2, 0.25) is 0 Å². The van der Waals surface area contributed by atoms with Crippen molar-refractivity contribution in [3.8, 4) is 0 Å². The molecule has 1 aromatic carbocycles. The van der Waals surface area contributed by atoms with E-state index in [1.807, 2.05) is 19.4 Å². The molecule has 2 N–H and O–H groups in total. The van der Waals surface area contributed by atoms with Crippen molar-refractivity contribution in [2.24, 2.45) is 12.0 Å². The van der Waals surface area contributed by atoms with E-state index in [9.17, 15) is 0 Å². The van der Waals surface area contributed by atoms with Crippen LogP contribution < -0.4 is 10.6 Å². The van der Waals surface area contributed by atoms with E-state index in [-0.39, 0.29) is 5.41 Å². The van der Waals surface area contributed by atoms with Crippen LogP contribution in [0.4, 0.5) is 0 Å². The summed E-state index contributed by atoms with van der Waals surface area (Å²) in [6, 6.07) is 10.8. The van der Waals surface area contributed by atoms with Gasteiger partial charge in [0, 0.05) is 37.3 Å². The summed E-state index contributed by atoms with van der Waals surface area (Å²) in [5, 5.41) is 11.0. The number of nitrogens with one attached hydrogen (secondary N) is 2. The van der Waals surface area contributed by atoms with E-state index >= 15 is 0 Å². The maximum Gasteiger partial charge on any atom is 0.191 e. The van der Waals surface area contributed by atoms with Crippen molar-refractivity contribution >= 4 is 5.96 Å². The van der Waals surface area contributed by atoms with Gasteiger partial charge in [0.2, 0.25) is 0 Å². The maximum atomic E-state index is 4.66. The molecule has 0 amide bonds. The van der Waals surface area contributed by atoms with Gasteiger partial charge < -0.3 is 10.6 Å². The molecule has 1 aliphatic carbocycles. The zero-order valence-corrected chi connectivity index (χ0v) is 13.9. The molecule has 1 fully saturated rings. The van der Waals surface area contributed by atoms with Crippen LogP contribution in [0.25, 0.3) is 0 Å². The van der Waals surface area contributed by atoms with Gasteiger partial charge in [-0.05, 0) is 25.3 Å². The maximum absolute atomic E-state index is 4.66. The fourth-order valence-corrected chi connectivity index (χ4v) is 2.83. The molecule has 2 aromatic rings. The summed E-state index contributed by atoms with van der Waals surface area (Å²) in [7, 11) is 1.92. The lowest BCUT2D eigenvalue weighted by molar-refractivity contribution is 0.646. The highest BCUT2D eigenvalue weighted by molar-refractivity contribution is 5.80. The van der Waals surface area contributed by atoms with Crippen LogP contribution in [0.3, 0.4) is 0 Å². The van der Waals surface area contributed by atoms with Gasteiger partial charge in [0.15, 0.2) is 5.96 Å². The minimum Gasteiger partial charge on any atom is -0.357 e. The summed E-state index contributed by atoms with van der Waals surface area (Å²) < 4.78 is 1.81. The zero-order valence-electron chi connectivity index (χ0n) is 13.9. The highest BCUT2D eigenvalue weighted by atomic mass is 15.2. The number of nitrogens with zero attached hydrogens (tertiary/aromatic N) is 3. The highest BCUT2D eigenvalue weighted by Gasteiger charge is 2.43. The largest absolute Gasteiger partial charge is 0.357 e. The van der Waals surface area contributed by atoms with E-state index in [1.54, 1.807) is 4.68 Å². The van der Waals surface area contributed by atoms with Gasteiger partial charge in [0.25, 0.3) is 0 Å². The molecule has 0 saturated heterocycles. The van der Waals surface area contributed by atoms with Gasteiger partial charge in [-0.25, -0.2) is 4.99 Å². The first kappa shape index (κ1) is 15.6. The molecule has 0 bridgehead atoms. The van der Waals surface area contributed by atoms with Crippen molar-refractivity contribution < 1.29 is 0 Å². The molecule has 0 atom stereocenters. The number of rotatable bonds is 6. The number of aromatic nitrogens is 2. The van der Waals surface area contributed by atoms with Crippen LogP contribution in [0.15, 0.2) is 47.7 Å². The Hall–Kier alpha value is -2.30. The van der Waals surface area contributed by atoms with Gasteiger partial charge in [0.05, 0.1) is 12.7 Å². The van der Waals surface area contributed by atoms with Crippen molar-refractivity contribution in [1.29, 1.82) is 0 Å². The van der Waals surface area contributed by atoms with Crippen molar-refractivity contribution in [2.75, 3.05) is 13.1 Å². The Morgan fingerprint density at radius 2 is 2.04 bits per heavy atom. The Balaban J connectivity index is 1.61. The van der Waals surface area contributed by atoms with E-state index in [2.05, 4.69) is 58.0 Å². The molecule has 122 valence electrons. The van der Waals surface area contributed by atoms with E-state index in [0.29, 0.717) is 6.54 Å². The molecule has 5 heteroatoms. The SMILES string of the molecule is CCNC(=NCc1cnn(C)c1)NCC1(c2ccccc2)CC1. The van der Waals surface area contributed by atoms with Gasteiger partial charge in [-0.3, -0.25) is 4.68 Å². The number of hydrogen-bond acceptors (Lipinski definition) is 2. The third-order valence-corrected chi connectivity index (χ3v) is 4.36. The van der Waals surface area contributed by atoms with E-state index in [4.69, 9.17) is 0 Å². The van der Waals surface area contributed by atoms with E-state index in [0.717, 1.165) is 24.6 Å². The lowest BCUT2D eigenvalue weighted by Gasteiger charge is -2.19. The lowest BCUT2D eigenvalue weighted by atomic mass is 9.96. The Morgan fingerprint density at radius 3 is 2.65 bits per heavy atom. The molecule has 0 spiro atoms. The van der Waals surface area contributed by atoms with Gasteiger partial charge in [0.1, 0.15) is 0 Å².